The van der Waals surface area contributed by atoms with E-state index in [0.29, 0.717) is 17.7 Å². The topological polar surface area (TPSA) is 70.1 Å². The zero-order valence-electron chi connectivity index (χ0n) is 17.8. The van der Waals surface area contributed by atoms with Crippen molar-refractivity contribution in [1.82, 2.24) is 0 Å². The summed E-state index contributed by atoms with van der Waals surface area (Å²) in [4.78, 5) is 16.7. The summed E-state index contributed by atoms with van der Waals surface area (Å²) in [5, 5.41) is 10.0. The number of nitriles is 1. The maximum Gasteiger partial charge on any atom is 0.162 e. The highest BCUT2D eigenvalue weighted by molar-refractivity contribution is 7.12. The monoisotopic (exact) mass is 439 g/mol. The lowest BCUT2D eigenvalue weighted by Gasteiger charge is -2.43. The second kappa shape index (κ2) is 7.31. The third-order valence-corrected chi connectivity index (χ3v) is 6.91. The molecule has 0 saturated heterocycles. The molecule has 160 valence electrons. The lowest BCUT2D eigenvalue weighted by molar-refractivity contribution is -0.118. The summed E-state index contributed by atoms with van der Waals surface area (Å²) >= 11 is 1.58. The number of halogens is 2. The number of rotatable bonds is 2. The second-order valence-corrected chi connectivity index (χ2v) is 10.4. The van der Waals surface area contributed by atoms with E-state index < -0.39 is 23.0 Å². The molecule has 0 amide bonds. The molecule has 2 N–H and O–H groups in total. The summed E-state index contributed by atoms with van der Waals surface area (Å²) in [5.41, 5.74) is 7.52. The molecule has 2 heterocycles. The van der Waals surface area contributed by atoms with Crippen LogP contribution in [0.3, 0.4) is 0 Å². The number of carbonyl (C=O) groups excluding carboxylic acids is 1. The number of aryl methyl sites for hydroxylation is 2. The van der Waals surface area contributed by atoms with Gasteiger partial charge in [0.1, 0.15) is 23.1 Å². The third-order valence-electron chi connectivity index (χ3n) is 5.93. The fraction of sp³-hybridized carbons (Fsp3) is 0.333. The Kier molecular flexibility index (Phi) is 5.01. The van der Waals surface area contributed by atoms with Gasteiger partial charge in [-0.2, -0.15) is 5.26 Å². The van der Waals surface area contributed by atoms with E-state index in [2.05, 4.69) is 6.07 Å². The molecule has 4 nitrogen and oxygen atoms in total. The predicted molar refractivity (Wildman–Crippen MR) is 117 cm³/mol. The number of carbonyl (C=O) groups is 1. The molecule has 7 heteroatoms. The van der Waals surface area contributed by atoms with Crippen LogP contribution in [-0.2, 0) is 4.79 Å². The number of nitrogens with two attached hydrogens (primary N) is 1. The van der Waals surface area contributed by atoms with Gasteiger partial charge in [0.25, 0.3) is 0 Å². The van der Waals surface area contributed by atoms with E-state index in [1.54, 1.807) is 11.3 Å². The maximum absolute atomic E-state index is 14.8. The Morgan fingerprint density at radius 2 is 1.87 bits per heavy atom. The van der Waals surface area contributed by atoms with Crippen LogP contribution in [-0.4, -0.2) is 5.78 Å². The van der Waals surface area contributed by atoms with Crippen molar-refractivity contribution in [1.29, 1.82) is 5.26 Å². The fourth-order valence-electron chi connectivity index (χ4n) is 4.71. The van der Waals surface area contributed by atoms with Crippen LogP contribution in [0.2, 0.25) is 0 Å². The summed E-state index contributed by atoms with van der Waals surface area (Å²) in [6, 6.07) is 7.67. The van der Waals surface area contributed by atoms with Crippen LogP contribution >= 0.6 is 11.3 Å². The minimum absolute atomic E-state index is 0.0380. The highest BCUT2D eigenvalue weighted by Gasteiger charge is 2.46. The fourth-order valence-corrected chi connectivity index (χ4v) is 5.68. The maximum atomic E-state index is 14.8. The second-order valence-electron chi connectivity index (χ2n) is 8.92. The normalized spacial score (nSPS) is 20.7. The Morgan fingerprint density at radius 1 is 1.23 bits per heavy atom. The molecule has 2 aromatic rings. The number of nitrogens with zero attached hydrogens (tertiary/aromatic N) is 2. The Balaban J connectivity index is 2.07. The van der Waals surface area contributed by atoms with Crippen LogP contribution < -0.4 is 10.6 Å². The van der Waals surface area contributed by atoms with Gasteiger partial charge >= 0.3 is 0 Å². The van der Waals surface area contributed by atoms with E-state index in [4.69, 9.17) is 5.73 Å². The molecular weight excluding hydrogens is 416 g/mol. The number of anilines is 1. The molecule has 0 fully saturated rings. The SMILES string of the molecule is Cc1cc(C2C(C#N)=C(N)N(c3c(F)cccc3F)C3=C2C(=O)CC(C)(C)C3)c(C)s1. The van der Waals surface area contributed by atoms with E-state index in [0.717, 1.165) is 27.5 Å². The molecule has 0 saturated carbocycles. The van der Waals surface area contributed by atoms with Crippen molar-refractivity contribution in [3.05, 3.63) is 73.9 Å². The summed E-state index contributed by atoms with van der Waals surface area (Å²) in [7, 11) is 0. The first-order chi connectivity index (χ1) is 14.6. The third kappa shape index (κ3) is 3.35. The molecule has 1 aliphatic carbocycles. The largest absolute Gasteiger partial charge is 0.384 e. The number of ketones is 1. The molecule has 4 rings (SSSR count). The van der Waals surface area contributed by atoms with Gasteiger partial charge in [-0.15, -0.1) is 11.3 Å². The Labute approximate surface area is 184 Å². The Morgan fingerprint density at radius 3 is 2.42 bits per heavy atom. The quantitative estimate of drug-likeness (QED) is 0.663. The highest BCUT2D eigenvalue weighted by Crippen LogP contribution is 2.51. The van der Waals surface area contributed by atoms with E-state index in [1.807, 2.05) is 33.8 Å². The summed E-state index contributed by atoms with van der Waals surface area (Å²) in [6.45, 7) is 7.79. The minimum Gasteiger partial charge on any atom is -0.384 e. The molecule has 0 radical (unpaired) electrons. The van der Waals surface area contributed by atoms with Crippen LogP contribution in [0.25, 0.3) is 0 Å². The molecule has 0 bridgehead atoms. The number of thiophene rings is 1. The number of para-hydroxylation sites is 1. The molecular formula is C24H23F2N3OS. The van der Waals surface area contributed by atoms with Crippen LogP contribution in [0.15, 0.2) is 46.9 Å². The van der Waals surface area contributed by atoms with Crippen LogP contribution in [0.5, 0.6) is 0 Å². The van der Waals surface area contributed by atoms with Crippen LogP contribution in [0.1, 0.15) is 47.9 Å². The number of hydrogen-bond donors (Lipinski definition) is 1. The molecule has 2 aliphatic rings. The summed E-state index contributed by atoms with van der Waals surface area (Å²) < 4.78 is 29.7. The predicted octanol–water partition coefficient (Wildman–Crippen LogP) is 5.58. The minimum atomic E-state index is -0.802. The Bertz CT molecular complexity index is 1200. The van der Waals surface area contributed by atoms with Gasteiger partial charge in [0, 0.05) is 27.4 Å². The van der Waals surface area contributed by atoms with Crippen molar-refractivity contribution in [3.63, 3.8) is 0 Å². The van der Waals surface area contributed by atoms with Gasteiger partial charge in [-0.05, 0) is 49.4 Å². The number of Topliss-reactive ketones (excluding diaryl/α,β-unsaturated/α-hetero) is 1. The molecule has 1 unspecified atom stereocenters. The van der Waals surface area contributed by atoms with E-state index in [1.165, 1.54) is 11.0 Å². The van der Waals surface area contributed by atoms with Gasteiger partial charge in [0.15, 0.2) is 5.78 Å². The van der Waals surface area contributed by atoms with E-state index >= 15 is 0 Å². The molecule has 1 atom stereocenters. The van der Waals surface area contributed by atoms with Crippen molar-refractivity contribution in [2.75, 3.05) is 4.90 Å². The van der Waals surface area contributed by atoms with Gasteiger partial charge in [-0.1, -0.05) is 19.9 Å². The van der Waals surface area contributed by atoms with Gasteiger partial charge in [-0.3, -0.25) is 9.69 Å². The van der Waals surface area contributed by atoms with Crippen molar-refractivity contribution in [3.8, 4) is 6.07 Å². The molecule has 0 spiro atoms. The van der Waals surface area contributed by atoms with Crippen LogP contribution in [0, 0.1) is 42.2 Å². The standard InChI is InChI=1S/C24H23F2N3OS/c1-12-8-14(13(2)31-12)20-15(11-27)23(28)29(22-16(25)6-5-7-17(22)26)18-9-24(3,4)10-19(30)21(18)20/h5-8,20H,9-10,28H2,1-4H3. The van der Waals surface area contributed by atoms with Gasteiger partial charge < -0.3 is 5.73 Å². The van der Waals surface area contributed by atoms with Gasteiger partial charge in [0.05, 0.1) is 17.6 Å². The average Bonchev–Trinajstić information content (AvgIpc) is 2.99. The first kappa shape index (κ1) is 21.3. The van der Waals surface area contributed by atoms with Crippen molar-refractivity contribution < 1.29 is 13.6 Å². The summed E-state index contributed by atoms with van der Waals surface area (Å²) in [5.74, 6) is -2.40. The first-order valence-corrected chi connectivity index (χ1v) is 10.8. The van der Waals surface area contributed by atoms with Crippen molar-refractivity contribution in [2.24, 2.45) is 11.1 Å². The average molecular weight is 440 g/mol. The first-order valence-electron chi connectivity index (χ1n) is 10.0. The van der Waals surface area contributed by atoms with Gasteiger partial charge in [-0.25, -0.2) is 8.78 Å². The molecule has 1 aromatic carbocycles. The van der Waals surface area contributed by atoms with E-state index in [-0.39, 0.29) is 29.3 Å². The number of hydrogen-bond acceptors (Lipinski definition) is 5. The molecule has 31 heavy (non-hydrogen) atoms. The molecule has 1 aromatic heterocycles. The van der Waals surface area contributed by atoms with Crippen LogP contribution in [0.4, 0.5) is 14.5 Å². The van der Waals surface area contributed by atoms with E-state index in [9.17, 15) is 18.8 Å². The zero-order chi connectivity index (χ0) is 22.7. The smallest absolute Gasteiger partial charge is 0.162 e. The summed E-state index contributed by atoms with van der Waals surface area (Å²) in [6.07, 6.45) is 0.691. The highest BCUT2D eigenvalue weighted by atomic mass is 32.1. The number of allylic oxidation sites excluding steroid dienone is 3. The lowest BCUT2D eigenvalue weighted by Crippen LogP contribution is -2.42. The number of benzene rings is 1. The van der Waals surface area contributed by atoms with Crippen molar-refractivity contribution in [2.45, 2.75) is 46.5 Å². The Hall–Kier alpha value is -2.98. The van der Waals surface area contributed by atoms with Crippen molar-refractivity contribution >= 4 is 22.8 Å². The zero-order valence-corrected chi connectivity index (χ0v) is 18.7. The molecule has 1 aliphatic heterocycles. The van der Waals surface area contributed by atoms with Gasteiger partial charge in [0.2, 0.25) is 0 Å². The lowest BCUT2D eigenvalue weighted by atomic mass is 9.68.